The van der Waals surface area contributed by atoms with Crippen molar-refractivity contribution >= 4 is 28.4 Å². The molecule has 0 bridgehead atoms. The fourth-order valence-corrected chi connectivity index (χ4v) is 3.87. The lowest BCUT2D eigenvalue weighted by Crippen LogP contribution is -2.34. The number of amides is 1. The van der Waals surface area contributed by atoms with Crippen molar-refractivity contribution in [3.05, 3.63) is 55.9 Å². The number of nitrogens with zero attached hydrogens (tertiary/aromatic N) is 1. The zero-order valence-corrected chi connectivity index (χ0v) is 15.8. The molecule has 0 atom stereocenters. The molecule has 0 fully saturated rings. The highest BCUT2D eigenvalue weighted by atomic mass is 16.3. The molecular weight excluding hydrogens is 360 g/mol. The third-order valence-corrected chi connectivity index (χ3v) is 5.24. The van der Waals surface area contributed by atoms with Crippen molar-refractivity contribution in [1.29, 1.82) is 0 Å². The highest BCUT2D eigenvalue weighted by Crippen LogP contribution is 2.30. The minimum Gasteiger partial charge on any atom is -0.464 e. The first kappa shape index (κ1) is 18.1. The lowest BCUT2D eigenvalue weighted by atomic mass is 10.0. The number of furan rings is 1. The van der Waals surface area contributed by atoms with Gasteiger partial charge in [-0.15, -0.1) is 0 Å². The van der Waals surface area contributed by atoms with Crippen molar-refractivity contribution in [3.63, 3.8) is 0 Å². The van der Waals surface area contributed by atoms with Crippen LogP contribution < -0.4 is 21.9 Å². The fraction of sp³-hybridized carbons (Fsp3) is 0.350. The molecule has 0 spiro atoms. The Morgan fingerprint density at radius 1 is 1.25 bits per heavy atom. The molecule has 1 aliphatic carbocycles. The Kier molecular flexibility index (Phi) is 4.54. The predicted molar refractivity (Wildman–Crippen MR) is 107 cm³/mol. The summed E-state index contributed by atoms with van der Waals surface area (Å²) in [6, 6.07) is 4.17. The SMILES string of the molecule is CCn1c(NC(=O)Cc2coc3cc4c(cc23)CCC4)c(NC)c(=O)[nH]c1=O. The average Bonchev–Trinajstić information content (AvgIpc) is 3.26. The second-order valence-electron chi connectivity index (χ2n) is 6.93. The van der Waals surface area contributed by atoms with Crippen LogP contribution in [0.5, 0.6) is 0 Å². The summed E-state index contributed by atoms with van der Waals surface area (Å²) in [5, 5.41) is 6.40. The predicted octanol–water partition coefficient (Wildman–Crippen LogP) is 2.01. The van der Waals surface area contributed by atoms with Gasteiger partial charge >= 0.3 is 5.69 Å². The smallest absolute Gasteiger partial charge is 0.330 e. The molecule has 1 aliphatic rings. The Bertz CT molecular complexity index is 1150. The molecule has 8 heteroatoms. The van der Waals surface area contributed by atoms with Gasteiger partial charge in [-0.2, -0.15) is 0 Å². The van der Waals surface area contributed by atoms with Crippen LogP contribution in [-0.2, 0) is 30.6 Å². The van der Waals surface area contributed by atoms with Crippen LogP contribution in [0.4, 0.5) is 11.5 Å². The van der Waals surface area contributed by atoms with Gasteiger partial charge in [0.05, 0.1) is 12.7 Å². The molecule has 0 radical (unpaired) electrons. The number of aromatic nitrogens is 2. The summed E-state index contributed by atoms with van der Waals surface area (Å²) in [5.74, 6) is -0.163. The van der Waals surface area contributed by atoms with Crippen LogP contribution in [0.1, 0.15) is 30.0 Å². The fourth-order valence-electron chi connectivity index (χ4n) is 3.87. The second-order valence-corrected chi connectivity index (χ2v) is 6.93. The molecule has 8 nitrogen and oxygen atoms in total. The Labute approximate surface area is 160 Å². The topological polar surface area (TPSA) is 109 Å². The van der Waals surface area contributed by atoms with Crippen LogP contribution in [-0.4, -0.2) is 22.5 Å². The Morgan fingerprint density at radius 2 is 2.00 bits per heavy atom. The summed E-state index contributed by atoms with van der Waals surface area (Å²) in [7, 11) is 1.56. The molecule has 3 N–H and O–H groups in total. The second kappa shape index (κ2) is 7.03. The highest BCUT2D eigenvalue weighted by molar-refractivity contribution is 5.97. The van der Waals surface area contributed by atoms with Crippen molar-refractivity contribution < 1.29 is 9.21 Å². The van der Waals surface area contributed by atoms with Gasteiger partial charge in [-0.05, 0) is 49.4 Å². The molecule has 146 valence electrons. The van der Waals surface area contributed by atoms with Crippen molar-refractivity contribution in [3.8, 4) is 0 Å². The largest absolute Gasteiger partial charge is 0.464 e. The summed E-state index contributed by atoms with van der Waals surface area (Å²) in [6.07, 6.45) is 4.93. The maximum atomic E-state index is 12.7. The van der Waals surface area contributed by atoms with E-state index in [0.717, 1.165) is 35.8 Å². The van der Waals surface area contributed by atoms with Gasteiger partial charge in [0.1, 0.15) is 17.1 Å². The van der Waals surface area contributed by atoms with Crippen molar-refractivity contribution in [1.82, 2.24) is 9.55 Å². The lowest BCUT2D eigenvalue weighted by molar-refractivity contribution is -0.115. The number of rotatable bonds is 5. The first-order chi connectivity index (χ1) is 13.5. The number of fused-ring (bicyclic) bond motifs is 2. The van der Waals surface area contributed by atoms with Gasteiger partial charge in [0.25, 0.3) is 5.56 Å². The number of benzene rings is 1. The number of hydrogen-bond donors (Lipinski definition) is 3. The van der Waals surface area contributed by atoms with Crippen LogP contribution in [0.25, 0.3) is 11.0 Å². The third kappa shape index (κ3) is 3.00. The summed E-state index contributed by atoms with van der Waals surface area (Å²) in [4.78, 5) is 39.0. The van der Waals surface area contributed by atoms with E-state index in [9.17, 15) is 14.4 Å². The zero-order chi connectivity index (χ0) is 19.8. The van der Waals surface area contributed by atoms with Gasteiger partial charge < -0.3 is 15.1 Å². The molecule has 0 saturated heterocycles. The van der Waals surface area contributed by atoms with Crippen LogP contribution in [0.3, 0.4) is 0 Å². The summed E-state index contributed by atoms with van der Waals surface area (Å²) in [5.41, 5.74) is 3.19. The number of anilines is 2. The number of carbonyl (C=O) groups excluding carboxylic acids is 1. The van der Waals surface area contributed by atoms with E-state index in [1.54, 1.807) is 20.2 Å². The first-order valence-corrected chi connectivity index (χ1v) is 9.38. The van der Waals surface area contributed by atoms with Crippen LogP contribution >= 0.6 is 0 Å². The van der Waals surface area contributed by atoms with Crippen molar-refractivity contribution in [2.45, 2.75) is 39.2 Å². The normalized spacial score (nSPS) is 12.9. The van der Waals surface area contributed by atoms with E-state index in [1.807, 2.05) is 0 Å². The summed E-state index contributed by atoms with van der Waals surface area (Å²) >= 11 is 0. The Balaban J connectivity index is 1.65. The van der Waals surface area contributed by atoms with Gasteiger partial charge in [0.2, 0.25) is 5.91 Å². The minimum atomic E-state index is -0.572. The number of H-pyrrole nitrogens is 1. The maximum Gasteiger partial charge on any atom is 0.330 e. The van der Waals surface area contributed by atoms with Crippen molar-refractivity contribution in [2.24, 2.45) is 0 Å². The first-order valence-electron chi connectivity index (χ1n) is 9.38. The van der Waals surface area contributed by atoms with Crippen LogP contribution in [0, 0.1) is 0 Å². The number of aromatic amines is 1. The van der Waals surface area contributed by atoms with Gasteiger partial charge in [-0.1, -0.05) is 0 Å². The molecule has 3 aromatic rings. The van der Waals surface area contributed by atoms with Gasteiger partial charge in [0.15, 0.2) is 0 Å². The number of carbonyl (C=O) groups is 1. The van der Waals surface area contributed by atoms with Crippen molar-refractivity contribution in [2.75, 3.05) is 17.7 Å². The highest BCUT2D eigenvalue weighted by Gasteiger charge is 2.19. The summed E-state index contributed by atoms with van der Waals surface area (Å²) < 4.78 is 6.96. The van der Waals surface area contributed by atoms with E-state index in [0.29, 0.717) is 6.54 Å². The Hall–Kier alpha value is -3.29. The number of aryl methyl sites for hydroxylation is 2. The monoisotopic (exact) mass is 382 g/mol. The van der Waals surface area contributed by atoms with Crippen LogP contribution in [0.2, 0.25) is 0 Å². The molecule has 2 heterocycles. The molecule has 4 rings (SSSR count). The molecule has 1 aromatic carbocycles. The molecule has 2 aromatic heterocycles. The zero-order valence-electron chi connectivity index (χ0n) is 15.8. The number of nitrogens with one attached hydrogen (secondary N) is 3. The van der Waals surface area contributed by atoms with E-state index >= 15 is 0 Å². The minimum absolute atomic E-state index is 0.0830. The lowest BCUT2D eigenvalue weighted by Gasteiger charge is -2.15. The van der Waals surface area contributed by atoms with Gasteiger partial charge in [-0.25, -0.2) is 4.79 Å². The maximum absolute atomic E-state index is 12.7. The molecule has 0 aliphatic heterocycles. The average molecular weight is 382 g/mol. The number of hydrogen-bond acceptors (Lipinski definition) is 5. The van der Waals surface area contributed by atoms with E-state index in [-0.39, 0.29) is 23.8 Å². The van der Waals surface area contributed by atoms with Gasteiger partial charge in [0, 0.05) is 24.5 Å². The standard InChI is InChI=1S/C20H22N4O4/c1-3-24-18(17(21-2)19(26)23-20(24)27)22-16(25)9-13-10-28-15-8-12-6-4-5-11(12)7-14(13)15/h7-8,10,21H,3-6,9H2,1-2H3,(H,22,25)(H,23,26,27). The van der Waals surface area contributed by atoms with E-state index in [2.05, 4.69) is 27.8 Å². The van der Waals surface area contributed by atoms with E-state index in [1.165, 1.54) is 15.7 Å². The molecular formula is C20H22N4O4. The van der Waals surface area contributed by atoms with E-state index in [4.69, 9.17) is 4.42 Å². The van der Waals surface area contributed by atoms with E-state index < -0.39 is 11.2 Å². The molecule has 1 amide bonds. The third-order valence-electron chi connectivity index (χ3n) is 5.24. The quantitative estimate of drug-likeness (QED) is 0.625. The molecule has 28 heavy (non-hydrogen) atoms. The van der Waals surface area contributed by atoms with Gasteiger partial charge in [-0.3, -0.25) is 19.1 Å². The summed E-state index contributed by atoms with van der Waals surface area (Å²) in [6.45, 7) is 2.07. The molecule has 0 saturated carbocycles. The molecule has 0 unspecified atom stereocenters. The van der Waals surface area contributed by atoms with Crippen LogP contribution in [0.15, 0.2) is 32.4 Å². The Morgan fingerprint density at radius 3 is 2.71 bits per heavy atom.